The topological polar surface area (TPSA) is 87.7 Å². The summed E-state index contributed by atoms with van der Waals surface area (Å²) in [6.45, 7) is 3.21. The van der Waals surface area contributed by atoms with Gasteiger partial charge in [-0.3, -0.25) is 9.59 Å². The number of amides is 2. The lowest BCUT2D eigenvalue weighted by atomic mass is 9.89. The maximum atomic E-state index is 12.9. The molecule has 1 aromatic carbocycles. The zero-order valence-electron chi connectivity index (χ0n) is 15.4. The Kier molecular flexibility index (Phi) is 6.72. The van der Waals surface area contributed by atoms with Crippen LogP contribution in [-0.4, -0.2) is 47.8 Å². The molecule has 0 radical (unpaired) electrons. The quantitative estimate of drug-likeness (QED) is 0.708. The number of benzene rings is 1. The fraction of sp³-hybridized carbons (Fsp3) is 0.579. The molecule has 2 amide bonds. The number of hydrogen-bond donors (Lipinski definition) is 3. The summed E-state index contributed by atoms with van der Waals surface area (Å²) in [4.78, 5) is 24.8. The van der Waals surface area contributed by atoms with Gasteiger partial charge in [-0.15, -0.1) is 0 Å². The average molecular weight is 366 g/mol. The van der Waals surface area contributed by atoms with Crippen LogP contribution in [-0.2, 0) is 20.7 Å². The molecule has 1 aromatic rings. The monoisotopic (exact) mass is 366 g/mol. The van der Waals surface area contributed by atoms with Gasteiger partial charge in [0.2, 0.25) is 11.8 Å². The molecule has 0 saturated heterocycles. The Labute approximate surface area is 153 Å². The van der Waals surface area contributed by atoms with Crippen molar-refractivity contribution in [1.82, 2.24) is 10.6 Å². The lowest BCUT2D eigenvalue weighted by molar-refractivity contribution is -0.134. The molecule has 0 spiro atoms. The molecule has 1 aliphatic rings. The number of nitrogens with one attached hydrogen (secondary N) is 2. The fourth-order valence-electron chi connectivity index (χ4n) is 3.14. The molecule has 0 heterocycles. The Balaban J connectivity index is 1.92. The van der Waals surface area contributed by atoms with E-state index in [1.807, 2.05) is 0 Å². The third kappa shape index (κ3) is 5.25. The summed E-state index contributed by atoms with van der Waals surface area (Å²) < 4.78 is 18.2. The van der Waals surface area contributed by atoms with E-state index in [0.717, 1.165) is 12.8 Å². The number of ether oxygens (including phenoxy) is 1. The second kappa shape index (κ2) is 8.60. The molecule has 0 unspecified atom stereocenters. The number of aliphatic hydroxyl groups is 1. The number of carbonyl (C=O) groups excluding carboxylic acids is 2. The van der Waals surface area contributed by atoms with Gasteiger partial charge in [-0.1, -0.05) is 12.1 Å². The van der Waals surface area contributed by atoms with E-state index in [9.17, 15) is 19.1 Å². The molecule has 0 aromatic heterocycles. The van der Waals surface area contributed by atoms with E-state index in [1.54, 1.807) is 13.8 Å². The zero-order valence-corrected chi connectivity index (χ0v) is 15.4. The highest BCUT2D eigenvalue weighted by Crippen LogP contribution is 2.22. The fourth-order valence-corrected chi connectivity index (χ4v) is 3.14. The van der Waals surface area contributed by atoms with Gasteiger partial charge in [-0.2, -0.15) is 0 Å². The summed E-state index contributed by atoms with van der Waals surface area (Å²) in [5, 5.41) is 15.8. The molecule has 1 saturated carbocycles. The molecular formula is C19H27FN2O4. The predicted molar refractivity (Wildman–Crippen MR) is 94.9 cm³/mol. The molecule has 1 fully saturated rings. The van der Waals surface area contributed by atoms with Crippen LogP contribution in [0.4, 0.5) is 4.39 Å². The van der Waals surface area contributed by atoms with Gasteiger partial charge in [-0.05, 0) is 50.8 Å². The van der Waals surface area contributed by atoms with E-state index in [0.29, 0.717) is 12.0 Å². The van der Waals surface area contributed by atoms with Gasteiger partial charge in [0.25, 0.3) is 0 Å². The zero-order chi connectivity index (χ0) is 19.3. The van der Waals surface area contributed by atoms with Gasteiger partial charge in [0.05, 0.1) is 18.6 Å². The van der Waals surface area contributed by atoms with E-state index < -0.39 is 17.7 Å². The standard InChI is InChI=1S/C19H27FN2O4/c1-19(2,22-16(23)11-12-7-9-13(20)10-8-12)18(25)21-14-5-4-6-15(26-3)17(14)24/h7-10,14-15,17,24H,4-6,11H2,1-3H3,(H,21,25)(H,22,23)/t14-,15-,17-/m1/s1. The van der Waals surface area contributed by atoms with Crippen LogP contribution < -0.4 is 10.6 Å². The van der Waals surface area contributed by atoms with Crippen molar-refractivity contribution in [1.29, 1.82) is 0 Å². The molecule has 144 valence electrons. The third-order valence-electron chi connectivity index (χ3n) is 4.71. The second-order valence-corrected chi connectivity index (χ2v) is 7.25. The van der Waals surface area contributed by atoms with Crippen molar-refractivity contribution in [3.8, 4) is 0 Å². The Morgan fingerprint density at radius 3 is 2.54 bits per heavy atom. The smallest absolute Gasteiger partial charge is 0.245 e. The highest BCUT2D eigenvalue weighted by Gasteiger charge is 2.37. The first-order chi connectivity index (χ1) is 12.2. The van der Waals surface area contributed by atoms with Crippen LogP contribution in [0.1, 0.15) is 38.7 Å². The average Bonchev–Trinajstić information content (AvgIpc) is 2.58. The first kappa shape index (κ1) is 20.3. The van der Waals surface area contributed by atoms with Crippen molar-refractivity contribution in [2.45, 2.75) is 63.3 Å². The van der Waals surface area contributed by atoms with Crippen molar-refractivity contribution in [2.24, 2.45) is 0 Å². The molecule has 0 bridgehead atoms. The summed E-state index contributed by atoms with van der Waals surface area (Å²) in [6, 6.07) is 5.24. The molecule has 0 aliphatic heterocycles. The molecular weight excluding hydrogens is 339 g/mol. The van der Waals surface area contributed by atoms with E-state index >= 15 is 0 Å². The summed E-state index contributed by atoms with van der Waals surface area (Å²) in [7, 11) is 1.54. The van der Waals surface area contributed by atoms with E-state index in [4.69, 9.17) is 4.74 Å². The first-order valence-corrected chi connectivity index (χ1v) is 8.80. The molecule has 2 rings (SSSR count). The van der Waals surface area contributed by atoms with Gasteiger partial charge in [-0.25, -0.2) is 4.39 Å². The third-order valence-corrected chi connectivity index (χ3v) is 4.71. The SMILES string of the molecule is CO[C@@H]1CCC[C@@H](NC(=O)C(C)(C)NC(=O)Cc2ccc(F)cc2)[C@H]1O. The van der Waals surface area contributed by atoms with Crippen LogP contribution in [0, 0.1) is 5.82 Å². The van der Waals surface area contributed by atoms with Gasteiger partial charge in [0.1, 0.15) is 17.5 Å². The van der Waals surface area contributed by atoms with Crippen LogP contribution in [0.15, 0.2) is 24.3 Å². The van der Waals surface area contributed by atoms with Crippen molar-refractivity contribution in [3.05, 3.63) is 35.6 Å². The minimum atomic E-state index is -1.14. The van der Waals surface area contributed by atoms with Crippen molar-refractivity contribution in [2.75, 3.05) is 7.11 Å². The number of rotatable bonds is 6. The molecule has 3 N–H and O–H groups in total. The van der Waals surface area contributed by atoms with Crippen LogP contribution in [0.2, 0.25) is 0 Å². The Bertz CT molecular complexity index is 633. The summed E-state index contributed by atoms with van der Waals surface area (Å²) in [5.74, 6) is -1.07. The highest BCUT2D eigenvalue weighted by molar-refractivity contribution is 5.91. The molecule has 26 heavy (non-hydrogen) atoms. The number of hydrogen-bond acceptors (Lipinski definition) is 4. The van der Waals surface area contributed by atoms with E-state index in [-0.39, 0.29) is 30.2 Å². The number of carbonyl (C=O) groups is 2. The van der Waals surface area contributed by atoms with Crippen LogP contribution in [0.3, 0.4) is 0 Å². The highest BCUT2D eigenvalue weighted by atomic mass is 19.1. The van der Waals surface area contributed by atoms with E-state index in [2.05, 4.69) is 10.6 Å². The minimum absolute atomic E-state index is 0.0504. The summed E-state index contributed by atoms with van der Waals surface area (Å²) >= 11 is 0. The maximum absolute atomic E-state index is 12.9. The van der Waals surface area contributed by atoms with Gasteiger partial charge >= 0.3 is 0 Å². The van der Waals surface area contributed by atoms with Crippen molar-refractivity contribution < 1.29 is 23.8 Å². The lowest BCUT2D eigenvalue weighted by Crippen LogP contribution is -2.60. The molecule has 3 atom stereocenters. The van der Waals surface area contributed by atoms with Crippen LogP contribution >= 0.6 is 0 Å². The van der Waals surface area contributed by atoms with E-state index in [1.165, 1.54) is 31.4 Å². The Hall–Kier alpha value is -1.99. The van der Waals surface area contributed by atoms with Crippen molar-refractivity contribution >= 4 is 11.8 Å². The van der Waals surface area contributed by atoms with Gasteiger partial charge < -0.3 is 20.5 Å². The normalized spacial score (nSPS) is 23.3. The predicted octanol–water partition coefficient (Wildman–Crippen LogP) is 1.31. The Morgan fingerprint density at radius 1 is 1.27 bits per heavy atom. The largest absolute Gasteiger partial charge is 0.388 e. The van der Waals surface area contributed by atoms with Gasteiger partial charge in [0, 0.05) is 7.11 Å². The number of methoxy groups -OCH3 is 1. The van der Waals surface area contributed by atoms with Crippen LogP contribution in [0.25, 0.3) is 0 Å². The minimum Gasteiger partial charge on any atom is -0.388 e. The summed E-state index contributed by atoms with van der Waals surface area (Å²) in [6.07, 6.45) is 1.23. The second-order valence-electron chi connectivity index (χ2n) is 7.25. The van der Waals surface area contributed by atoms with Crippen molar-refractivity contribution in [3.63, 3.8) is 0 Å². The number of aliphatic hydroxyl groups excluding tert-OH is 1. The summed E-state index contributed by atoms with van der Waals surface area (Å²) in [5.41, 5.74) is -0.484. The lowest BCUT2D eigenvalue weighted by Gasteiger charge is -2.36. The molecule has 6 nitrogen and oxygen atoms in total. The first-order valence-electron chi connectivity index (χ1n) is 8.80. The molecule has 1 aliphatic carbocycles. The number of halogens is 1. The molecule has 7 heteroatoms. The van der Waals surface area contributed by atoms with Crippen LogP contribution in [0.5, 0.6) is 0 Å². The Morgan fingerprint density at radius 2 is 1.92 bits per heavy atom. The van der Waals surface area contributed by atoms with Gasteiger partial charge in [0.15, 0.2) is 0 Å². The maximum Gasteiger partial charge on any atom is 0.245 e.